The van der Waals surface area contributed by atoms with Crippen LogP contribution in [0.2, 0.25) is 5.02 Å². The molecule has 2 aromatic carbocycles. The maximum atomic E-state index is 14.4. The minimum absolute atomic E-state index is 0.0263. The summed E-state index contributed by atoms with van der Waals surface area (Å²) in [5.41, 5.74) is 2.53. The molecule has 288 valence electrons. The number of nitrogens with one attached hydrogen (secondary N) is 1. The van der Waals surface area contributed by atoms with E-state index in [0.717, 1.165) is 39.4 Å². The smallest absolute Gasteiger partial charge is 0.416 e. The Morgan fingerprint density at radius 2 is 1.80 bits per heavy atom. The molecule has 55 heavy (non-hydrogen) atoms. The number of ether oxygens (including phenoxy) is 1. The molecule has 18 heteroatoms. The summed E-state index contributed by atoms with van der Waals surface area (Å²) in [6.45, 7) is 10.1. The highest BCUT2D eigenvalue weighted by molar-refractivity contribution is 6.33. The normalized spacial score (nSPS) is 15.4. The van der Waals surface area contributed by atoms with Gasteiger partial charge in [-0.1, -0.05) is 18.5 Å². The summed E-state index contributed by atoms with van der Waals surface area (Å²) in [6.07, 6.45) is -3.15. The molecule has 1 fully saturated rings. The Balaban J connectivity index is 1.28. The van der Waals surface area contributed by atoms with Crippen LogP contribution in [-0.2, 0) is 40.9 Å². The van der Waals surface area contributed by atoms with Gasteiger partial charge in [0.15, 0.2) is 17.3 Å². The van der Waals surface area contributed by atoms with E-state index in [1.165, 1.54) is 11.2 Å². The number of carbonyl (C=O) groups is 2. The van der Waals surface area contributed by atoms with E-state index in [2.05, 4.69) is 20.4 Å². The van der Waals surface area contributed by atoms with Crippen molar-refractivity contribution in [2.75, 3.05) is 36.4 Å². The largest absolute Gasteiger partial charge is 0.504 e. The molecule has 0 spiro atoms. The molecule has 3 aromatic heterocycles. The van der Waals surface area contributed by atoms with Gasteiger partial charge in [0.05, 0.1) is 39.9 Å². The van der Waals surface area contributed by atoms with Gasteiger partial charge < -0.3 is 29.5 Å². The molecular weight excluding hydrogens is 743 g/mol. The van der Waals surface area contributed by atoms with Crippen molar-refractivity contribution in [3.05, 3.63) is 91.4 Å². The zero-order valence-electron chi connectivity index (χ0n) is 30.6. The van der Waals surface area contributed by atoms with Crippen LogP contribution in [0.3, 0.4) is 0 Å². The quantitative estimate of drug-likeness (QED) is 0.223. The van der Waals surface area contributed by atoms with Gasteiger partial charge in [-0.3, -0.25) is 14.4 Å². The van der Waals surface area contributed by atoms with Crippen molar-refractivity contribution in [1.82, 2.24) is 34.0 Å². The molecule has 5 aromatic rings. The first-order valence-electron chi connectivity index (χ1n) is 17.5. The van der Waals surface area contributed by atoms with E-state index in [1.807, 2.05) is 44.7 Å². The molecule has 2 aliphatic rings. The lowest BCUT2D eigenvalue weighted by atomic mass is 9.90. The Kier molecular flexibility index (Phi) is 9.57. The van der Waals surface area contributed by atoms with Crippen LogP contribution in [-0.4, -0.2) is 77.1 Å². The number of rotatable bonds is 7. The fourth-order valence-corrected chi connectivity index (χ4v) is 7.61. The SMILES string of the molecule is CCc1c(N2CCN(C(=O)c3ncnc(C)c3O)CC2)c(=O)n2nc(-c3cc(C)c4c(c3)COC4(C)C)nc2n1CC(=O)Nc1ccc(C(F)(F)F)cc1Cl. The summed E-state index contributed by atoms with van der Waals surface area (Å²) >= 11 is 6.16. The summed E-state index contributed by atoms with van der Waals surface area (Å²) in [4.78, 5) is 57.4. The van der Waals surface area contributed by atoms with Crippen molar-refractivity contribution in [2.24, 2.45) is 0 Å². The number of benzene rings is 2. The summed E-state index contributed by atoms with van der Waals surface area (Å²) in [7, 11) is 0. The van der Waals surface area contributed by atoms with Crippen LogP contribution < -0.4 is 15.8 Å². The minimum Gasteiger partial charge on any atom is -0.504 e. The lowest BCUT2D eigenvalue weighted by molar-refractivity contribution is -0.137. The number of hydrogen-bond donors (Lipinski definition) is 2. The Morgan fingerprint density at radius 3 is 2.47 bits per heavy atom. The molecule has 2 aliphatic heterocycles. The number of nitrogens with zero attached hydrogens (tertiary/aromatic N) is 8. The molecule has 0 saturated carbocycles. The zero-order chi connectivity index (χ0) is 39.6. The van der Waals surface area contributed by atoms with E-state index < -0.39 is 41.3 Å². The Morgan fingerprint density at radius 1 is 1.07 bits per heavy atom. The van der Waals surface area contributed by atoms with Crippen LogP contribution in [0.25, 0.3) is 17.2 Å². The standard InChI is InChI=1S/C37H37ClF3N9O5/c1-6-26-30(47-9-11-48(12-10-47)33(53)29-31(52)20(3)42-18-43-29)34(54)50-35(45-32(46-50)21-13-19(2)28-22(14-21)17-55-36(28,4)5)49(26)16-27(51)44-25-8-7-23(15-24(25)38)37(39,40)41/h7-8,13-15,18,52H,6,9-12,16-17H2,1-5H3,(H,44,51). The van der Waals surface area contributed by atoms with E-state index in [9.17, 15) is 32.7 Å². The molecule has 7 rings (SSSR count). The molecule has 0 atom stereocenters. The number of halogens is 4. The van der Waals surface area contributed by atoms with Crippen LogP contribution in [0.5, 0.6) is 5.75 Å². The monoisotopic (exact) mass is 779 g/mol. The second kappa shape index (κ2) is 13.9. The number of piperazine rings is 1. The van der Waals surface area contributed by atoms with Gasteiger partial charge in [-0.15, -0.1) is 5.10 Å². The molecule has 14 nitrogen and oxygen atoms in total. The van der Waals surface area contributed by atoms with Gasteiger partial charge in [-0.2, -0.15) is 22.7 Å². The first-order valence-corrected chi connectivity index (χ1v) is 17.9. The van der Waals surface area contributed by atoms with Crippen LogP contribution in [0.15, 0.2) is 41.5 Å². The summed E-state index contributed by atoms with van der Waals surface area (Å²) in [6, 6.07) is 6.48. The van der Waals surface area contributed by atoms with Crippen molar-refractivity contribution in [3.63, 3.8) is 0 Å². The van der Waals surface area contributed by atoms with Crippen molar-refractivity contribution in [3.8, 4) is 17.1 Å². The van der Waals surface area contributed by atoms with Gasteiger partial charge in [-0.05, 0) is 81.1 Å². The van der Waals surface area contributed by atoms with Gasteiger partial charge in [0, 0.05) is 31.7 Å². The van der Waals surface area contributed by atoms with Crippen molar-refractivity contribution >= 4 is 40.6 Å². The lowest BCUT2D eigenvalue weighted by Gasteiger charge is -2.36. The second-order valence-corrected chi connectivity index (χ2v) is 14.4. The average Bonchev–Trinajstić information content (AvgIpc) is 3.72. The van der Waals surface area contributed by atoms with Crippen LogP contribution in [0.4, 0.5) is 24.5 Å². The predicted molar refractivity (Wildman–Crippen MR) is 196 cm³/mol. The van der Waals surface area contributed by atoms with Crippen LogP contribution in [0, 0.1) is 13.8 Å². The highest BCUT2D eigenvalue weighted by Crippen LogP contribution is 2.40. The first kappa shape index (κ1) is 37.8. The number of hydrogen-bond acceptors (Lipinski definition) is 10. The molecule has 0 bridgehead atoms. The predicted octanol–water partition coefficient (Wildman–Crippen LogP) is 5.27. The fraction of sp³-hybridized carbons (Fsp3) is 0.378. The van der Waals surface area contributed by atoms with Crippen molar-refractivity contribution < 1.29 is 32.6 Å². The van der Waals surface area contributed by atoms with E-state index in [1.54, 1.807) is 11.5 Å². The number of carbonyl (C=O) groups excluding carboxylic acids is 2. The molecule has 0 radical (unpaired) electrons. The van der Waals surface area contributed by atoms with E-state index in [4.69, 9.17) is 21.3 Å². The van der Waals surface area contributed by atoms with E-state index in [-0.39, 0.29) is 77.7 Å². The van der Waals surface area contributed by atoms with Gasteiger partial charge in [0.1, 0.15) is 18.6 Å². The number of aromatic nitrogens is 6. The second-order valence-electron chi connectivity index (χ2n) is 14.0. The fourth-order valence-electron chi connectivity index (χ4n) is 7.38. The minimum atomic E-state index is -4.62. The maximum absolute atomic E-state index is 14.4. The van der Waals surface area contributed by atoms with Crippen molar-refractivity contribution in [1.29, 1.82) is 0 Å². The molecule has 0 aliphatic carbocycles. The first-order chi connectivity index (χ1) is 26.0. The summed E-state index contributed by atoms with van der Waals surface area (Å²) in [5.74, 6) is -1.11. The number of fused-ring (bicyclic) bond motifs is 2. The molecule has 0 unspecified atom stereocenters. The lowest BCUT2D eigenvalue weighted by Crippen LogP contribution is -2.51. The Bertz CT molecular complexity index is 2440. The average molecular weight is 780 g/mol. The Hall–Kier alpha value is -5.55. The van der Waals surface area contributed by atoms with Gasteiger partial charge in [0.25, 0.3) is 11.5 Å². The molecule has 5 heterocycles. The number of alkyl halides is 3. The summed E-state index contributed by atoms with van der Waals surface area (Å²) in [5, 5.41) is 17.4. The number of anilines is 2. The molecule has 2 N–H and O–H groups in total. The van der Waals surface area contributed by atoms with Gasteiger partial charge >= 0.3 is 6.18 Å². The highest BCUT2D eigenvalue weighted by Gasteiger charge is 2.35. The van der Waals surface area contributed by atoms with E-state index in [0.29, 0.717) is 17.9 Å². The van der Waals surface area contributed by atoms with Crippen LogP contribution in [0.1, 0.15) is 64.9 Å². The van der Waals surface area contributed by atoms with Gasteiger partial charge in [-0.25, -0.2) is 9.97 Å². The number of aromatic hydroxyl groups is 1. The summed E-state index contributed by atoms with van der Waals surface area (Å²) < 4.78 is 48.6. The third kappa shape index (κ3) is 6.86. The van der Waals surface area contributed by atoms with Crippen LogP contribution >= 0.6 is 11.6 Å². The topological polar surface area (TPSA) is 160 Å². The van der Waals surface area contributed by atoms with Crippen molar-refractivity contribution in [2.45, 2.75) is 66.0 Å². The third-order valence-corrected chi connectivity index (χ3v) is 10.3. The molecule has 1 saturated heterocycles. The zero-order valence-corrected chi connectivity index (χ0v) is 31.3. The maximum Gasteiger partial charge on any atom is 0.416 e. The Labute approximate surface area is 317 Å². The molecule has 2 amide bonds. The van der Waals surface area contributed by atoms with Gasteiger partial charge in [0.2, 0.25) is 11.7 Å². The highest BCUT2D eigenvalue weighted by atomic mass is 35.5. The molecular formula is C37H37ClF3N9O5. The number of aryl methyl sites for hydroxylation is 2. The third-order valence-electron chi connectivity index (χ3n) is 9.99. The number of amides is 2. The van der Waals surface area contributed by atoms with E-state index >= 15 is 0 Å².